The van der Waals surface area contributed by atoms with Crippen molar-refractivity contribution >= 4 is 28.7 Å². The average molecular weight is 646 g/mol. The third-order valence-electron chi connectivity index (χ3n) is 5.81. The number of carboxylic acid groups (broad SMARTS) is 2. The summed E-state index contributed by atoms with van der Waals surface area (Å²) in [7, 11) is 5.70. The number of hydrogen-bond donors (Lipinski definition) is 4. The third kappa shape index (κ3) is 11.2. The molecule has 4 rings (SSSR count). The van der Waals surface area contributed by atoms with Crippen LogP contribution < -0.4 is 10.1 Å². The number of ether oxygens (including phenoxy) is 1. The Hall–Kier alpha value is -5.06. The second kappa shape index (κ2) is 15.6. The lowest BCUT2D eigenvalue weighted by atomic mass is 10.1. The molecule has 244 valence electrons. The highest BCUT2D eigenvalue weighted by Gasteiger charge is 2.38. The minimum atomic E-state index is -5.08. The van der Waals surface area contributed by atoms with Crippen LogP contribution in [0.1, 0.15) is 16.1 Å². The van der Waals surface area contributed by atoms with Crippen LogP contribution in [0.4, 0.5) is 26.3 Å². The van der Waals surface area contributed by atoms with Gasteiger partial charge in [-0.3, -0.25) is 9.89 Å². The number of alkyl halides is 6. The first-order valence-corrected chi connectivity index (χ1v) is 12.7. The topological polar surface area (TPSA) is 150 Å². The van der Waals surface area contributed by atoms with Crippen LogP contribution in [-0.2, 0) is 22.7 Å². The lowest BCUT2D eigenvalue weighted by molar-refractivity contribution is -0.193. The summed E-state index contributed by atoms with van der Waals surface area (Å²) in [6.45, 7) is 1.98. The Morgan fingerprint density at radius 1 is 0.956 bits per heavy atom. The van der Waals surface area contributed by atoms with E-state index in [1.54, 1.807) is 13.3 Å². The summed E-state index contributed by atoms with van der Waals surface area (Å²) in [6, 6.07) is 15.9. The van der Waals surface area contributed by atoms with Crippen molar-refractivity contribution in [3.05, 3.63) is 72.2 Å². The molecule has 0 aliphatic heterocycles. The van der Waals surface area contributed by atoms with Crippen molar-refractivity contribution in [2.24, 2.45) is 0 Å². The van der Waals surface area contributed by atoms with Gasteiger partial charge in [-0.25, -0.2) is 9.59 Å². The maximum absolute atomic E-state index is 13.1. The Morgan fingerprint density at radius 2 is 1.58 bits per heavy atom. The third-order valence-corrected chi connectivity index (χ3v) is 5.81. The minimum Gasteiger partial charge on any atom is -0.497 e. The number of nitrogens with zero attached hydrogens (tertiary/aromatic N) is 3. The van der Waals surface area contributed by atoms with E-state index in [0.717, 1.165) is 39.9 Å². The first-order chi connectivity index (χ1) is 20.9. The normalized spacial score (nSPS) is 11.2. The van der Waals surface area contributed by atoms with Gasteiger partial charge in [0.2, 0.25) is 0 Å². The molecule has 0 spiro atoms. The molecule has 0 bridgehead atoms. The SMILES string of the molecule is COc1cccc(CNC(=O)c2cc3ccc(-c4cn[nH]c4)cc3n2CCN(C)C)c1.O=C(O)C(F)(F)F.O=C(O)C(F)(F)F. The van der Waals surface area contributed by atoms with Crippen molar-refractivity contribution < 1.29 is 55.7 Å². The molecule has 2 aromatic heterocycles. The van der Waals surface area contributed by atoms with Gasteiger partial charge in [0, 0.05) is 42.3 Å². The smallest absolute Gasteiger partial charge is 0.490 e. The van der Waals surface area contributed by atoms with E-state index in [9.17, 15) is 31.1 Å². The van der Waals surface area contributed by atoms with Crippen molar-refractivity contribution in [2.45, 2.75) is 25.4 Å². The van der Waals surface area contributed by atoms with Crippen molar-refractivity contribution in [1.29, 1.82) is 0 Å². The summed E-state index contributed by atoms with van der Waals surface area (Å²) < 4.78 is 70.8. The molecule has 0 radical (unpaired) electrons. The molecule has 11 nitrogen and oxygen atoms in total. The maximum atomic E-state index is 13.1. The summed E-state index contributed by atoms with van der Waals surface area (Å²) in [5, 5.41) is 25.2. The summed E-state index contributed by atoms with van der Waals surface area (Å²) in [5.41, 5.74) is 4.77. The number of hydrogen-bond acceptors (Lipinski definition) is 6. The number of fused-ring (bicyclic) bond motifs is 1. The van der Waals surface area contributed by atoms with Crippen LogP contribution in [-0.4, -0.2) is 87.8 Å². The number of aliphatic carboxylic acids is 2. The van der Waals surface area contributed by atoms with E-state index in [4.69, 9.17) is 24.5 Å². The van der Waals surface area contributed by atoms with Crippen LogP contribution in [0.25, 0.3) is 22.0 Å². The van der Waals surface area contributed by atoms with Gasteiger partial charge in [-0.2, -0.15) is 31.4 Å². The van der Waals surface area contributed by atoms with Gasteiger partial charge in [-0.15, -0.1) is 0 Å². The van der Waals surface area contributed by atoms with Gasteiger partial charge in [-0.1, -0.05) is 24.3 Å². The number of nitrogens with one attached hydrogen (secondary N) is 2. The van der Waals surface area contributed by atoms with Crippen molar-refractivity contribution in [2.75, 3.05) is 27.7 Å². The molecule has 0 fully saturated rings. The van der Waals surface area contributed by atoms with Crippen LogP contribution in [0.2, 0.25) is 0 Å². The number of amides is 1. The number of rotatable bonds is 8. The molecule has 0 unspecified atom stereocenters. The molecule has 17 heteroatoms. The molecule has 0 saturated heterocycles. The summed E-state index contributed by atoms with van der Waals surface area (Å²) in [5.74, 6) is -4.83. The number of carbonyl (C=O) groups excluding carboxylic acids is 1. The van der Waals surface area contributed by atoms with Crippen LogP contribution >= 0.6 is 0 Å². The molecule has 2 heterocycles. The number of methoxy groups -OCH3 is 1. The quantitative estimate of drug-likeness (QED) is 0.200. The number of benzene rings is 2. The molecule has 45 heavy (non-hydrogen) atoms. The molecule has 0 atom stereocenters. The second-order valence-electron chi connectivity index (χ2n) is 9.39. The van der Waals surface area contributed by atoms with E-state index in [1.807, 2.05) is 50.6 Å². The lowest BCUT2D eigenvalue weighted by Gasteiger charge is -2.15. The van der Waals surface area contributed by atoms with E-state index in [-0.39, 0.29) is 5.91 Å². The fourth-order valence-corrected chi connectivity index (χ4v) is 3.63. The fourth-order valence-electron chi connectivity index (χ4n) is 3.63. The highest BCUT2D eigenvalue weighted by atomic mass is 19.4. The van der Waals surface area contributed by atoms with E-state index < -0.39 is 24.3 Å². The van der Waals surface area contributed by atoms with Gasteiger partial charge in [-0.05, 0) is 49.5 Å². The largest absolute Gasteiger partial charge is 0.497 e. The van der Waals surface area contributed by atoms with Crippen LogP contribution in [0.15, 0.2) is 60.9 Å². The average Bonchev–Trinajstić information content (AvgIpc) is 3.63. The monoisotopic (exact) mass is 645 g/mol. The summed E-state index contributed by atoms with van der Waals surface area (Å²) >= 11 is 0. The highest BCUT2D eigenvalue weighted by molar-refractivity contribution is 5.99. The first-order valence-electron chi connectivity index (χ1n) is 12.7. The Labute approximate surface area is 252 Å². The second-order valence-corrected chi connectivity index (χ2v) is 9.39. The van der Waals surface area contributed by atoms with E-state index in [2.05, 4.69) is 43.2 Å². The lowest BCUT2D eigenvalue weighted by Crippen LogP contribution is -2.27. The predicted octanol–water partition coefficient (Wildman–Crippen LogP) is 4.80. The van der Waals surface area contributed by atoms with Gasteiger partial charge in [0.1, 0.15) is 11.4 Å². The standard InChI is InChI=1S/C24H27N5O2.2C2HF3O2/c1-28(2)9-10-29-22-12-18(20-15-26-27-16-20)7-8-19(22)13-23(29)24(30)25-14-17-5-4-6-21(11-17)31-3;2*3-2(4,5)1(6)7/h4-8,11-13,15-16H,9-10,14H2,1-3H3,(H,25,30)(H,26,27);2*(H,6,7). The minimum absolute atomic E-state index is 0.0948. The van der Waals surface area contributed by atoms with Gasteiger partial charge in [0.05, 0.1) is 13.3 Å². The van der Waals surface area contributed by atoms with Gasteiger partial charge in [0.15, 0.2) is 0 Å². The zero-order valence-electron chi connectivity index (χ0n) is 24.0. The number of likely N-dealkylation sites (N-methyl/N-ethyl adjacent to an activating group) is 1. The van der Waals surface area contributed by atoms with Crippen molar-refractivity contribution in [3.63, 3.8) is 0 Å². The van der Waals surface area contributed by atoms with Crippen molar-refractivity contribution in [3.8, 4) is 16.9 Å². The Morgan fingerprint density at radius 3 is 2.09 bits per heavy atom. The van der Waals surface area contributed by atoms with Gasteiger partial charge >= 0.3 is 24.3 Å². The van der Waals surface area contributed by atoms with Crippen molar-refractivity contribution in [1.82, 2.24) is 25.0 Å². The predicted molar refractivity (Wildman–Crippen MR) is 150 cm³/mol. The fraction of sp³-hybridized carbons (Fsp3) is 0.286. The molecule has 0 aliphatic carbocycles. The molecule has 0 aliphatic rings. The molecule has 4 N–H and O–H groups in total. The summed E-state index contributed by atoms with van der Waals surface area (Å²) in [4.78, 5) is 33.0. The number of halogens is 6. The Bertz CT molecular complexity index is 1560. The van der Waals surface area contributed by atoms with E-state index in [0.29, 0.717) is 18.8 Å². The van der Waals surface area contributed by atoms with Crippen LogP contribution in [0.5, 0.6) is 5.75 Å². The zero-order valence-corrected chi connectivity index (χ0v) is 24.0. The first kappa shape index (κ1) is 36.1. The number of H-pyrrole nitrogens is 1. The van der Waals surface area contributed by atoms with Crippen LogP contribution in [0.3, 0.4) is 0 Å². The Balaban J connectivity index is 0.000000421. The number of aromatic amines is 1. The molecule has 1 amide bonds. The Kier molecular flexibility index (Phi) is 12.5. The van der Waals surface area contributed by atoms with Gasteiger partial charge in [0.25, 0.3) is 5.91 Å². The highest BCUT2D eigenvalue weighted by Crippen LogP contribution is 2.27. The summed E-state index contributed by atoms with van der Waals surface area (Å²) in [6.07, 6.45) is -6.49. The van der Waals surface area contributed by atoms with E-state index >= 15 is 0 Å². The van der Waals surface area contributed by atoms with Gasteiger partial charge < -0.3 is 29.7 Å². The molecular weight excluding hydrogens is 616 g/mol. The molecule has 2 aromatic carbocycles. The van der Waals surface area contributed by atoms with E-state index in [1.165, 1.54) is 0 Å². The number of aromatic nitrogens is 3. The molecule has 4 aromatic rings. The maximum Gasteiger partial charge on any atom is 0.490 e. The molecule has 0 saturated carbocycles. The van der Waals surface area contributed by atoms with Crippen LogP contribution in [0, 0.1) is 0 Å². The zero-order chi connectivity index (χ0) is 33.9. The molecular formula is C28H29F6N5O6. The number of carbonyl (C=O) groups is 3. The number of carboxylic acids is 2.